The second kappa shape index (κ2) is 17.7. The average molecular weight is 586 g/mol. The van der Waals surface area contributed by atoms with Crippen molar-refractivity contribution in [1.82, 2.24) is 10.2 Å². The molecule has 1 saturated heterocycles. The number of piperidine rings is 1. The Morgan fingerprint density at radius 2 is 1.64 bits per heavy atom. The first-order valence-corrected chi connectivity index (χ1v) is 15.4. The van der Waals surface area contributed by atoms with Crippen LogP contribution >= 0.6 is 0 Å². The molecule has 1 fully saturated rings. The van der Waals surface area contributed by atoms with E-state index in [-0.39, 0.29) is 18.1 Å². The Kier molecular flexibility index (Phi) is 13.7. The summed E-state index contributed by atoms with van der Waals surface area (Å²) in [6.45, 7) is 8.45. The molecule has 2 heterocycles. The lowest BCUT2D eigenvalue weighted by Crippen LogP contribution is -2.50. The normalized spacial score (nSPS) is 20.4. The third kappa shape index (κ3) is 9.82. The third-order valence-electron chi connectivity index (χ3n) is 7.82. The number of nitrogens with one attached hydrogen (secondary N) is 1. The van der Waals surface area contributed by atoms with E-state index in [0.29, 0.717) is 26.4 Å². The number of ether oxygens (including phenoxy) is 6. The van der Waals surface area contributed by atoms with Crippen molar-refractivity contribution in [1.29, 1.82) is 0 Å². The van der Waals surface area contributed by atoms with Gasteiger partial charge in [-0.3, -0.25) is 0 Å². The van der Waals surface area contributed by atoms with Crippen LogP contribution < -0.4 is 19.7 Å². The van der Waals surface area contributed by atoms with E-state index in [1.54, 1.807) is 14.2 Å². The van der Waals surface area contributed by atoms with Crippen LogP contribution in [0.2, 0.25) is 0 Å². The van der Waals surface area contributed by atoms with E-state index >= 15 is 0 Å². The topological polar surface area (TPSA) is 73.9 Å². The van der Waals surface area contributed by atoms with Gasteiger partial charge in [0, 0.05) is 66.0 Å². The lowest BCUT2D eigenvalue weighted by atomic mass is 9.85. The Morgan fingerprint density at radius 1 is 0.881 bits per heavy atom. The summed E-state index contributed by atoms with van der Waals surface area (Å²) in [7, 11) is 7.66. The van der Waals surface area contributed by atoms with E-state index in [1.165, 1.54) is 5.56 Å². The summed E-state index contributed by atoms with van der Waals surface area (Å²) in [5, 5.41) is 3.57. The zero-order chi connectivity index (χ0) is 29.6. The molecule has 2 aromatic rings. The maximum atomic E-state index is 6.68. The predicted octanol–water partition coefficient (Wildman–Crippen LogP) is 3.95. The standard InChI is InChI=1S/C33H51N3O6/c1-35(2)14-5-19-40-31-23-34-24-32(33(31)27-9-11-28(12-10-27)39-20-7-18-38-4)42-25-26-8-13-30-29(22-26)36(16-21-41-30)15-6-17-37-3/h8-13,22,31-34H,5-7,14-21,23-25H2,1-4H3/t31-,32+,33+/m1/s1. The van der Waals surface area contributed by atoms with Gasteiger partial charge in [-0.1, -0.05) is 18.2 Å². The number of methoxy groups -OCH3 is 2. The van der Waals surface area contributed by atoms with Gasteiger partial charge in [0.25, 0.3) is 0 Å². The molecule has 3 atom stereocenters. The summed E-state index contributed by atoms with van der Waals surface area (Å²) < 4.78 is 35.4. The molecule has 9 heteroatoms. The van der Waals surface area contributed by atoms with Crippen LogP contribution in [0.15, 0.2) is 42.5 Å². The predicted molar refractivity (Wildman–Crippen MR) is 166 cm³/mol. The van der Waals surface area contributed by atoms with Crippen LogP contribution in [0, 0.1) is 0 Å². The number of hydrogen-bond acceptors (Lipinski definition) is 9. The van der Waals surface area contributed by atoms with E-state index in [1.807, 2.05) is 0 Å². The van der Waals surface area contributed by atoms with Crippen LogP contribution in [0.4, 0.5) is 5.69 Å². The summed E-state index contributed by atoms with van der Waals surface area (Å²) in [6.07, 6.45) is 2.83. The molecule has 42 heavy (non-hydrogen) atoms. The highest BCUT2D eigenvalue weighted by Gasteiger charge is 2.36. The van der Waals surface area contributed by atoms with Gasteiger partial charge in [0.05, 0.1) is 37.7 Å². The summed E-state index contributed by atoms with van der Waals surface area (Å²) in [5.41, 5.74) is 3.50. The molecule has 0 aromatic heterocycles. The maximum Gasteiger partial charge on any atom is 0.142 e. The summed E-state index contributed by atoms with van der Waals surface area (Å²) in [6, 6.07) is 14.9. The lowest BCUT2D eigenvalue weighted by molar-refractivity contribution is -0.0607. The summed E-state index contributed by atoms with van der Waals surface area (Å²) >= 11 is 0. The Morgan fingerprint density at radius 3 is 2.40 bits per heavy atom. The highest BCUT2D eigenvalue weighted by Crippen LogP contribution is 2.35. The number of hydrogen-bond donors (Lipinski definition) is 1. The Labute approximate surface area is 252 Å². The zero-order valence-electron chi connectivity index (χ0n) is 26.0. The minimum absolute atomic E-state index is 0.0209. The van der Waals surface area contributed by atoms with E-state index in [0.717, 1.165) is 87.9 Å². The summed E-state index contributed by atoms with van der Waals surface area (Å²) in [5.74, 6) is 1.92. The SMILES string of the molecule is COCCCOc1ccc([C@@H]2[C@@H](OCc3ccc4c(c3)N(CCCOC)CCO4)CNC[C@H]2OCCCN(C)C)cc1. The zero-order valence-corrected chi connectivity index (χ0v) is 26.0. The number of rotatable bonds is 18. The molecule has 0 amide bonds. The van der Waals surface area contributed by atoms with E-state index in [4.69, 9.17) is 28.4 Å². The maximum absolute atomic E-state index is 6.68. The van der Waals surface area contributed by atoms with Crippen LogP contribution in [-0.4, -0.2) is 111 Å². The van der Waals surface area contributed by atoms with Crippen molar-refractivity contribution in [2.24, 2.45) is 0 Å². The fourth-order valence-electron chi connectivity index (χ4n) is 5.65. The highest BCUT2D eigenvalue weighted by molar-refractivity contribution is 5.61. The minimum Gasteiger partial charge on any atom is -0.494 e. The van der Waals surface area contributed by atoms with Gasteiger partial charge >= 0.3 is 0 Å². The average Bonchev–Trinajstić information content (AvgIpc) is 3.01. The highest BCUT2D eigenvalue weighted by atomic mass is 16.5. The van der Waals surface area contributed by atoms with Gasteiger partial charge in [0.2, 0.25) is 0 Å². The Bertz CT molecular complexity index is 1040. The van der Waals surface area contributed by atoms with Gasteiger partial charge in [0.15, 0.2) is 0 Å². The van der Waals surface area contributed by atoms with Crippen molar-refractivity contribution in [3.63, 3.8) is 0 Å². The molecule has 0 aliphatic carbocycles. The lowest BCUT2D eigenvalue weighted by Gasteiger charge is -2.39. The number of benzene rings is 2. The minimum atomic E-state index is -0.0313. The summed E-state index contributed by atoms with van der Waals surface area (Å²) in [4.78, 5) is 4.59. The Hall–Kier alpha value is -2.40. The van der Waals surface area contributed by atoms with E-state index < -0.39 is 0 Å². The van der Waals surface area contributed by atoms with E-state index in [2.05, 4.69) is 71.7 Å². The van der Waals surface area contributed by atoms with Crippen molar-refractivity contribution in [3.8, 4) is 11.5 Å². The molecule has 0 unspecified atom stereocenters. The quantitative estimate of drug-likeness (QED) is 0.262. The first kappa shape index (κ1) is 32.5. The second-order valence-electron chi connectivity index (χ2n) is 11.3. The number of anilines is 1. The van der Waals surface area contributed by atoms with Crippen LogP contribution in [-0.2, 0) is 25.6 Å². The van der Waals surface area contributed by atoms with Crippen LogP contribution in [0.5, 0.6) is 11.5 Å². The number of nitrogens with zero attached hydrogens (tertiary/aromatic N) is 2. The molecule has 0 radical (unpaired) electrons. The van der Waals surface area contributed by atoms with Gasteiger partial charge in [-0.25, -0.2) is 0 Å². The molecule has 9 nitrogen and oxygen atoms in total. The Balaban J connectivity index is 1.44. The van der Waals surface area contributed by atoms with Gasteiger partial charge in [-0.05, 0) is 68.9 Å². The molecule has 0 saturated carbocycles. The second-order valence-corrected chi connectivity index (χ2v) is 11.3. The molecule has 2 aromatic carbocycles. The molecule has 1 N–H and O–H groups in total. The van der Waals surface area contributed by atoms with E-state index in [9.17, 15) is 0 Å². The molecule has 2 aliphatic rings. The van der Waals surface area contributed by atoms with Crippen molar-refractivity contribution in [2.45, 2.75) is 44.0 Å². The number of fused-ring (bicyclic) bond motifs is 1. The molecule has 234 valence electrons. The molecular formula is C33H51N3O6. The van der Waals surface area contributed by atoms with Crippen molar-refractivity contribution in [3.05, 3.63) is 53.6 Å². The first-order chi connectivity index (χ1) is 20.6. The molecule has 4 rings (SSSR count). The third-order valence-corrected chi connectivity index (χ3v) is 7.82. The monoisotopic (exact) mass is 585 g/mol. The van der Waals surface area contributed by atoms with Crippen LogP contribution in [0.3, 0.4) is 0 Å². The van der Waals surface area contributed by atoms with Crippen molar-refractivity contribution >= 4 is 5.69 Å². The van der Waals surface area contributed by atoms with Crippen LogP contribution in [0.25, 0.3) is 0 Å². The molecule has 0 bridgehead atoms. The smallest absolute Gasteiger partial charge is 0.142 e. The fourth-order valence-corrected chi connectivity index (χ4v) is 5.65. The van der Waals surface area contributed by atoms with Gasteiger partial charge < -0.3 is 43.5 Å². The van der Waals surface area contributed by atoms with Crippen molar-refractivity contribution < 1.29 is 28.4 Å². The van der Waals surface area contributed by atoms with Crippen molar-refractivity contribution in [2.75, 3.05) is 99.0 Å². The first-order valence-electron chi connectivity index (χ1n) is 15.4. The fraction of sp³-hybridized carbons (Fsp3) is 0.636. The van der Waals surface area contributed by atoms with Gasteiger partial charge in [-0.2, -0.15) is 0 Å². The van der Waals surface area contributed by atoms with Crippen LogP contribution in [0.1, 0.15) is 36.3 Å². The molecule has 0 spiro atoms. The van der Waals surface area contributed by atoms with Gasteiger partial charge in [0.1, 0.15) is 18.1 Å². The molecule has 2 aliphatic heterocycles. The molecular weight excluding hydrogens is 534 g/mol. The largest absolute Gasteiger partial charge is 0.494 e. The van der Waals surface area contributed by atoms with Gasteiger partial charge in [-0.15, -0.1) is 0 Å².